The van der Waals surface area contributed by atoms with Crippen molar-refractivity contribution in [2.75, 3.05) is 11.6 Å². The number of nitro benzene ring substituents is 1. The number of nitro groups is 1. The lowest BCUT2D eigenvalue weighted by Crippen LogP contribution is -2.25. The quantitative estimate of drug-likeness (QED) is 0.682. The smallest absolute Gasteiger partial charge is 0.288 e. The Kier molecular flexibility index (Phi) is 4.51. The number of rotatable bonds is 4. The van der Waals surface area contributed by atoms with E-state index in [1.165, 1.54) is 12.1 Å². The molecule has 0 heterocycles. The van der Waals surface area contributed by atoms with Crippen LogP contribution in [0, 0.1) is 16.0 Å². The van der Waals surface area contributed by atoms with Gasteiger partial charge in [-0.25, -0.2) is 8.42 Å². The highest BCUT2D eigenvalue weighted by atomic mass is 32.2. The topological polar surface area (TPSA) is 89.3 Å². The van der Waals surface area contributed by atoms with Crippen LogP contribution in [0.4, 0.5) is 11.4 Å². The summed E-state index contributed by atoms with van der Waals surface area (Å²) in [5, 5.41) is 14.2. The fourth-order valence-corrected chi connectivity index (χ4v) is 3.56. The second-order valence-corrected chi connectivity index (χ2v) is 7.80. The van der Waals surface area contributed by atoms with Gasteiger partial charge in [-0.2, -0.15) is 0 Å². The second kappa shape index (κ2) is 6.01. The monoisotopic (exact) mass is 312 g/mol. The van der Waals surface area contributed by atoms with Gasteiger partial charge < -0.3 is 5.32 Å². The molecule has 0 bridgehead atoms. The van der Waals surface area contributed by atoms with Crippen LogP contribution in [0.2, 0.25) is 0 Å². The van der Waals surface area contributed by atoms with Gasteiger partial charge in [-0.05, 0) is 43.7 Å². The van der Waals surface area contributed by atoms with Crippen LogP contribution < -0.4 is 5.32 Å². The molecule has 116 valence electrons. The summed E-state index contributed by atoms with van der Waals surface area (Å²) in [5.41, 5.74) is 0.251. The SMILES string of the molecule is CC1CCC(Nc2ccc([N+](=O)[O-])c(S(C)(=O)=O)c2)CC1. The molecule has 0 saturated heterocycles. The third-order valence-electron chi connectivity index (χ3n) is 3.94. The Morgan fingerprint density at radius 2 is 1.86 bits per heavy atom. The lowest BCUT2D eigenvalue weighted by Gasteiger charge is -2.27. The van der Waals surface area contributed by atoms with Crippen molar-refractivity contribution >= 4 is 21.2 Å². The number of sulfone groups is 1. The maximum atomic E-state index is 11.7. The van der Waals surface area contributed by atoms with E-state index in [9.17, 15) is 18.5 Å². The van der Waals surface area contributed by atoms with Crippen LogP contribution in [-0.4, -0.2) is 25.6 Å². The van der Waals surface area contributed by atoms with Gasteiger partial charge in [0, 0.05) is 24.1 Å². The number of nitrogens with one attached hydrogen (secondary N) is 1. The van der Waals surface area contributed by atoms with Crippen molar-refractivity contribution < 1.29 is 13.3 Å². The molecule has 0 unspecified atom stereocenters. The van der Waals surface area contributed by atoms with Crippen molar-refractivity contribution in [1.29, 1.82) is 0 Å². The molecular formula is C14H20N2O4S. The van der Waals surface area contributed by atoms with Crippen LogP contribution in [0.1, 0.15) is 32.6 Å². The van der Waals surface area contributed by atoms with Crippen molar-refractivity contribution in [3.8, 4) is 0 Å². The molecule has 0 radical (unpaired) electrons. The molecule has 6 nitrogen and oxygen atoms in total. The van der Waals surface area contributed by atoms with Crippen molar-refractivity contribution in [2.24, 2.45) is 5.92 Å². The molecule has 1 aliphatic rings. The number of hydrogen-bond acceptors (Lipinski definition) is 5. The van der Waals surface area contributed by atoms with Crippen LogP contribution in [0.25, 0.3) is 0 Å². The summed E-state index contributed by atoms with van der Waals surface area (Å²) in [6, 6.07) is 4.50. The van der Waals surface area contributed by atoms with E-state index in [4.69, 9.17) is 0 Å². The average Bonchev–Trinajstić information content (AvgIpc) is 2.40. The standard InChI is InChI=1S/C14H20N2O4S/c1-10-3-5-11(6-4-10)15-12-7-8-13(16(17)18)14(9-12)21(2,19)20/h7-11,15H,3-6H2,1-2H3. The molecule has 1 fully saturated rings. The summed E-state index contributed by atoms with van der Waals surface area (Å²) in [6.07, 6.45) is 5.34. The van der Waals surface area contributed by atoms with Crippen LogP contribution >= 0.6 is 0 Å². The van der Waals surface area contributed by atoms with E-state index in [1.807, 2.05) is 0 Å². The Hall–Kier alpha value is -1.63. The first-order valence-corrected chi connectivity index (χ1v) is 8.91. The van der Waals surface area contributed by atoms with E-state index in [-0.39, 0.29) is 10.6 Å². The predicted molar refractivity (Wildman–Crippen MR) is 81.2 cm³/mol. The van der Waals surface area contributed by atoms with Gasteiger partial charge in [-0.15, -0.1) is 0 Å². The van der Waals surface area contributed by atoms with Gasteiger partial charge >= 0.3 is 0 Å². The molecule has 2 rings (SSSR count). The van der Waals surface area contributed by atoms with Gasteiger partial charge in [-0.1, -0.05) is 6.92 Å². The van der Waals surface area contributed by atoms with Gasteiger partial charge in [0.1, 0.15) is 4.90 Å². The maximum Gasteiger partial charge on any atom is 0.288 e. The van der Waals surface area contributed by atoms with Crippen molar-refractivity contribution in [1.82, 2.24) is 0 Å². The Morgan fingerprint density at radius 3 is 2.38 bits per heavy atom. The van der Waals surface area contributed by atoms with Gasteiger partial charge in [0.15, 0.2) is 9.84 Å². The van der Waals surface area contributed by atoms with E-state index in [0.29, 0.717) is 11.7 Å². The van der Waals surface area contributed by atoms with Crippen molar-refractivity contribution in [3.63, 3.8) is 0 Å². The summed E-state index contributed by atoms with van der Waals surface area (Å²) in [6.45, 7) is 2.23. The molecule has 1 aromatic carbocycles. The molecule has 0 atom stereocenters. The summed E-state index contributed by atoms with van der Waals surface area (Å²) in [7, 11) is -3.63. The molecule has 1 saturated carbocycles. The molecule has 1 N–H and O–H groups in total. The Balaban J connectivity index is 2.24. The number of hydrogen-bond donors (Lipinski definition) is 1. The highest BCUT2D eigenvalue weighted by molar-refractivity contribution is 7.90. The zero-order valence-corrected chi connectivity index (χ0v) is 13.0. The summed E-state index contributed by atoms with van der Waals surface area (Å²) < 4.78 is 23.4. The van der Waals surface area contributed by atoms with Gasteiger partial charge in [-0.3, -0.25) is 10.1 Å². The molecule has 0 aromatic heterocycles. The van der Waals surface area contributed by atoms with E-state index >= 15 is 0 Å². The van der Waals surface area contributed by atoms with Crippen LogP contribution in [0.3, 0.4) is 0 Å². The van der Waals surface area contributed by atoms with E-state index in [0.717, 1.165) is 37.9 Å². The van der Waals surface area contributed by atoms with Crippen molar-refractivity contribution in [2.45, 2.75) is 43.5 Å². The largest absolute Gasteiger partial charge is 0.382 e. The summed E-state index contributed by atoms with van der Waals surface area (Å²) >= 11 is 0. The lowest BCUT2D eigenvalue weighted by atomic mass is 9.87. The fourth-order valence-electron chi connectivity index (χ4n) is 2.69. The van der Waals surface area contributed by atoms with Crippen molar-refractivity contribution in [3.05, 3.63) is 28.3 Å². The number of nitrogens with zero attached hydrogens (tertiary/aromatic N) is 1. The first kappa shape index (κ1) is 15.8. The highest BCUT2D eigenvalue weighted by Crippen LogP contribution is 2.30. The lowest BCUT2D eigenvalue weighted by molar-refractivity contribution is -0.387. The minimum Gasteiger partial charge on any atom is -0.382 e. The van der Waals surface area contributed by atoms with E-state index in [1.54, 1.807) is 6.07 Å². The molecule has 1 aromatic rings. The molecule has 0 aliphatic heterocycles. The first-order valence-electron chi connectivity index (χ1n) is 7.02. The average molecular weight is 312 g/mol. The Morgan fingerprint density at radius 1 is 1.24 bits per heavy atom. The van der Waals surface area contributed by atoms with Gasteiger partial charge in [0.25, 0.3) is 5.69 Å². The van der Waals surface area contributed by atoms with Gasteiger partial charge in [0.2, 0.25) is 0 Å². The number of benzene rings is 1. The summed E-state index contributed by atoms with van der Waals surface area (Å²) in [5.74, 6) is 0.728. The molecular weight excluding hydrogens is 292 g/mol. The molecule has 0 spiro atoms. The third kappa shape index (κ3) is 3.93. The second-order valence-electron chi connectivity index (χ2n) is 5.81. The highest BCUT2D eigenvalue weighted by Gasteiger charge is 2.24. The van der Waals surface area contributed by atoms with Crippen LogP contribution in [-0.2, 0) is 9.84 Å². The minimum absolute atomic E-state index is 0.235. The van der Waals surface area contributed by atoms with Crippen LogP contribution in [0.15, 0.2) is 23.1 Å². The molecule has 21 heavy (non-hydrogen) atoms. The molecule has 0 amide bonds. The zero-order chi connectivity index (χ0) is 15.6. The predicted octanol–water partition coefficient (Wildman–Crippen LogP) is 2.99. The Labute approximate surface area is 124 Å². The Bertz CT molecular complexity index is 634. The van der Waals surface area contributed by atoms with E-state index < -0.39 is 14.8 Å². The molecule has 1 aliphatic carbocycles. The zero-order valence-electron chi connectivity index (χ0n) is 12.2. The first-order chi connectivity index (χ1) is 9.77. The minimum atomic E-state index is -3.63. The third-order valence-corrected chi connectivity index (χ3v) is 5.07. The van der Waals surface area contributed by atoms with Crippen LogP contribution in [0.5, 0.6) is 0 Å². The fraction of sp³-hybridized carbons (Fsp3) is 0.571. The molecule has 7 heteroatoms. The number of anilines is 1. The van der Waals surface area contributed by atoms with Gasteiger partial charge in [0.05, 0.1) is 4.92 Å². The normalized spacial score (nSPS) is 22.8. The van der Waals surface area contributed by atoms with E-state index in [2.05, 4.69) is 12.2 Å². The summed E-state index contributed by atoms with van der Waals surface area (Å²) in [4.78, 5) is 10.0. The maximum absolute atomic E-state index is 11.7.